The smallest absolute Gasteiger partial charge is 0.254 e. The molecule has 0 radical (unpaired) electrons. The van der Waals surface area contributed by atoms with E-state index in [-0.39, 0.29) is 5.91 Å². The molecule has 2 fully saturated rings. The third-order valence-corrected chi connectivity index (χ3v) is 5.05. The summed E-state index contributed by atoms with van der Waals surface area (Å²) in [4.78, 5) is 16.8. The summed E-state index contributed by atoms with van der Waals surface area (Å²) in [6, 6.07) is 7.37. The lowest BCUT2D eigenvalue weighted by atomic mass is 10.0. The van der Waals surface area contributed by atoms with Crippen molar-refractivity contribution in [3.05, 3.63) is 42.5 Å². The highest BCUT2D eigenvalue weighted by molar-refractivity contribution is 5.95. The van der Waals surface area contributed by atoms with Gasteiger partial charge in [0.05, 0.1) is 25.4 Å². The summed E-state index contributed by atoms with van der Waals surface area (Å²) in [5, 5.41) is 18.5. The third-order valence-electron chi connectivity index (χ3n) is 5.05. The number of β-amino-alcohol motifs (C(OH)–C–C–N with tert-alkyl or cyclic N) is 1. The first-order valence-electron chi connectivity index (χ1n) is 8.90. The van der Waals surface area contributed by atoms with E-state index in [1.807, 2.05) is 18.2 Å². The van der Waals surface area contributed by atoms with E-state index in [0.717, 1.165) is 18.8 Å². The first kappa shape index (κ1) is 17.1. The van der Waals surface area contributed by atoms with Crippen LogP contribution in [-0.4, -0.2) is 87.1 Å². The van der Waals surface area contributed by atoms with E-state index in [4.69, 9.17) is 4.74 Å². The molecule has 2 aromatic rings. The zero-order valence-corrected chi connectivity index (χ0v) is 14.6. The number of hydrogen-bond donors (Lipinski definition) is 1. The highest BCUT2D eigenvalue weighted by Gasteiger charge is 2.39. The lowest BCUT2D eigenvalue weighted by Gasteiger charge is -2.33. The highest BCUT2D eigenvalue weighted by atomic mass is 16.5. The Kier molecular flexibility index (Phi) is 4.71. The van der Waals surface area contributed by atoms with Gasteiger partial charge in [0.15, 0.2) is 0 Å². The molecule has 2 aliphatic heterocycles. The van der Waals surface area contributed by atoms with Crippen molar-refractivity contribution in [2.24, 2.45) is 0 Å². The molecule has 1 N–H and O–H groups in total. The minimum Gasteiger partial charge on any atom is -0.387 e. The molecular weight excluding hydrogens is 334 g/mol. The van der Waals surface area contributed by atoms with Crippen molar-refractivity contribution >= 4 is 5.91 Å². The molecule has 0 unspecified atom stereocenters. The summed E-state index contributed by atoms with van der Waals surface area (Å²) in [7, 11) is 0. The number of carbonyl (C=O) groups excluding carboxylic acids is 1. The van der Waals surface area contributed by atoms with Gasteiger partial charge in [-0.15, -0.1) is 10.2 Å². The van der Waals surface area contributed by atoms with Crippen LogP contribution >= 0.6 is 0 Å². The third kappa shape index (κ3) is 3.62. The lowest BCUT2D eigenvalue weighted by Crippen LogP contribution is -2.49. The van der Waals surface area contributed by atoms with Gasteiger partial charge in [-0.2, -0.15) is 0 Å². The average Bonchev–Trinajstić information content (AvgIpc) is 3.32. The molecule has 8 heteroatoms. The molecule has 1 atom stereocenters. The Balaban J connectivity index is 1.43. The predicted octanol–water partition coefficient (Wildman–Crippen LogP) is 0.177. The topological polar surface area (TPSA) is 83.7 Å². The van der Waals surface area contributed by atoms with Crippen molar-refractivity contribution < 1.29 is 14.6 Å². The molecule has 26 heavy (non-hydrogen) atoms. The Hall–Kier alpha value is -2.29. The van der Waals surface area contributed by atoms with E-state index in [1.165, 1.54) is 0 Å². The second-order valence-corrected chi connectivity index (χ2v) is 7.01. The van der Waals surface area contributed by atoms with Crippen molar-refractivity contribution in [1.29, 1.82) is 0 Å². The zero-order valence-electron chi connectivity index (χ0n) is 14.6. The molecule has 0 spiro atoms. The maximum atomic E-state index is 12.9. The van der Waals surface area contributed by atoms with Gasteiger partial charge in [-0.3, -0.25) is 14.3 Å². The number of likely N-dealkylation sites (tertiary alicyclic amines) is 1. The monoisotopic (exact) mass is 357 g/mol. The first-order chi connectivity index (χ1) is 12.6. The number of benzene rings is 1. The number of ether oxygens (including phenoxy) is 1. The quantitative estimate of drug-likeness (QED) is 0.840. The van der Waals surface area contributed by atoms with Crippen LogP contribution in [0.15, 0.2) is 36.9 Å². The Bertz CT molecular complexity index is 760. The Morgan fingerprint density at radius 3 is 2.73 bits per heavy atom. The minimum absolute atomic E-state index is 0.0576. The van der Waals surface area contributed by atoms with E-state index in [0.29, 0.717) is 44.8 Å². The van der Waals surface area contributed by atoms with Crippen LogP contribution in [0.5, 0.6) is 0 Å². The molecule has 1 aromatic carbocycles. The fourth-order valence-corrected chi connectivity index (χ4v) is 3.65. The van der Waals surface area contributed by atoms with E-state index >= 15 is 0 Å². The van der Waals surface area contributed by atoms with Crippen LogP contribution in [-0.2, 0) is 4.74 Å². The summed E-state index contributed by atoms with van der Waals surface area (Å²) < 4.78 is 7.12. The molecular formula is C18H23N5O3. The number of rotatable bonds is 4. The summed E-state index contributed by atoms with van der Waals surface area (Å²) in [6.07, 6.45) is 3.79. The average molecular weight is 357 g/mol. The zero-order chi connectivity index (χ0) is 18.0. The lowest BCUT2D eigenvalue weighted by molar-refractivity contribution is -0.0257. The van der Waals surface area contributed by atoms with E-state index in [2.05, 4.69) is 15.1 Å². The van der Waals surface area contributed by atoms with Gasteiger partial charge in [0.1, 0.15) is 12.7 Å². The summed E-state index contributed by atoms with van der Waals surface area (Å²) in [5.74, 6) is -0.0576. The number of aliphatic hydroxyl groups is 1. The van der Waals surface area contributed by atoms with E-state index in [9.17, 15) is 9.90 Å². The van der Waals surface area contributed by atoms with Crippen LogP contribution in [0.1, 0.15) is 16.8 Å². The first-order valence-corrected chi connectivity index (χ1v) is 8.90. The second kappa shape index (κ2) is 7.14. The highest BCUT2D eigenvalue weighted by Crippen LogP contribution is 2.25. The molecule has 0 saturated carbocycles. The Labute approximate surface area is 152 Å². The fourth-order valence-electron chi connectivity index (χ4n) is 3.65. The van der Waals surface area contributed by atoms with Gasteiger partial charge in [-0.25, -0.2) is 0 Å². The van der Waals surface area contributed by atoms with Gasteiger partial charge in [-0.05, 0) is 24.6 Å². The molecule has 8 nitrogen and oxygen atoms in total. The molecule has 0 bridgehead atoms. The van der Waals surface area contributed by atoms with Crippen LogP contribution in [0, 0.1) is 0 Å². The van der Waals surface area contributed by atoms with Gasteiger partial charge in [-0.1, -0.05) is 6.07 Å². The van der Waals surface area contributed by atoms with Crippen molar-refractivity contribution in [3.63, 3.8) is 0 Å². The molecule has 2 aliphatic rings. The maximum absolute atomic E-state index is 12.9. The number of nitrogens with zero attached hydrogens (tertiary/aromatic N) is 5. The van der Waals surface area contributed by atoms with Crippen molar-refractivity contribution in [2.75, 3.05) is 45.9 Å². The molecule has 1 amide bonds. The maximum Gasteiger partial charge on any atom is 0.254 e. The fraction of sp³-hybridized carbons (Fsp3) is 0.500. The van der Waals surface area contributed by atoms with Gasteiger partial charge in [0, 0.05) is 37.4 Å². The normalized spacial score (nSPS) is 24.1. The molecule has 138 valence electrons. The van der Waals surface area contributed by atoms with Crippen LogP contribution < -0.4 is 0 Å². The van der Waals surface area contributed by atoms with Crippen molar-refractivity contribution in [3.8, 4) is 5.69 Å². The van der Waals surface area contributed by atoms with Crippen LogP contribution in [0.3, 0.4) is 0 Å². The predicted molar refractivity (Wildman–Crippen MR) is 94.1 cm³/mol. The van der Waals surface area contributed by atoms with Gasteiger partial charge >= 0.3 is 0 Å². The van der Waals surface area contributed by atoms with Gasteiger partial charge in [0.2, 0.25) is 0 Å². The number of carbonyl (C=O) groups is 1. The van der Waals surface area contributed by atoms with E-state index in [1.54, 1.807) is 28.2 Å². The summed E-state index contributed by atoms with van der Waals surface area (Å²) in [5.41, 5.74) is 0.592. The molecule has 0 aliphatic carbocycles. The van der Waals surface area contributed by atoms with Gasteiger partial charge < -0.3 is 14.7 Å². The second-order valence-electron chi connectivity index (χ2n) is 7.01. The van der Waals surface area contributed by atoms with Crippen LogP contribution in [0.2, 0.25) is 0 Å². The standard InChI is InChI=1S/C18H23N5O3/c24-17(15-2-1-3-16(10-15)23-13-19-20-14-23)22-5-4-18(25,12-22)11-21-6-8-26-9-7-21/h1-3,10,13-14,25H,4-9,11-12H2/t18-/m1/s1. The summed E-state index contributed by atoms with van der Waals surface area (Å²) in [6.45, 7) is 4.58. The number of morpholine rings is 1. The Morgan fingerprint density at radius 2 is 1.96 bits per heavy atom. The molecule has 3 heterocycles. The van der Waals surface area contributed by atoms with Crippen molar-refractivity contribution in [1.82, 2.24) is 24.6 Å². The molecule has 1 aromatic heterocycles. The SMILES string of the molecule is O=C(c1cccc(-n2cnnc2)c1)N1CC[C@@](O)(CN2CCOCC2)C1. The number of amides is 1. The van der Waals surface area contributed by atoms with Gasteiger partial charge in [0.25, 0.3) is 5.91 Å². The van der Waals surface area contributed by atoms with Crippen LogP contribution in [0.4, 0.5) is 0 Å². The Morgan fingerprint density at radius 1 is 1.19 bits per heavy atom. The van der Waals surface area contributed by atoms with E-state index < -0.39 is 5.60 Å². The molecule has 4 rings (SSSR count). The summed E-state index contributed by atoms with van der Waals surface area (Å²) >= 11 is 0. The number of hydrogen-bond acceptors (Lipinski definition) is 6. The largest absolute Gasteiger partial charge is 0.387 e. The molecule has 2 saturated heterocycles. The number of aromatic nitrogens is 3. The minimum atomic E-state index is -0.848. The van der Waals surface area contributed by atoms with Crippen molar-refractivity contribution in [2.45, 2.75) is 12.0 Å². The van der Waals surface area contributed by atoms with Crippen LogP contribution in [0.25, 0.3) is 5.69 Å².